The van der Waals surface area contributed by atoms with Crippen molar-refractivity contribution in [3.8, 4) is 0 Å². The van der Waals surface area contributed by atoms with E-state index in [0.717, 1.165) is 5.56 Å². The number of hydrogen-bond acceptors (Lipinski definition) is 3. The van der Waals surface area contributed by atoms with Crippen LogP contribution in [0.1, 0.15) is 12.5 Å². The zero-order valence-corrected chi connectivity index (χ0v) is 8.73. The molecular formula is C12H14O3. The number of carbonyl (C=O) groups is 1. The van der Waals surface area contributed by atoms with Gasteiger partial charge < -0.3 is 0 Å². The molecule has 0 saturated carbocycles. The molecule has 0 radical (unpaired) electrons. The van der Waals surface area contributed by atoms with Crippen LogP contribution in [0.3, 0.4) is 0 Å². The summed E-state index contributed by atoms with van der Waals surface area (Å²) in [5.74, 6) is -0.525. The second-order valence-corrected chi connectivity index (χ2v) is 3.21. The maximum atomic E-state index is 10.9. The highest BCUT2D eigenvalue weighted by Crippen LogP contribution is 2.00. The lowest BCUT2D eigenvalue weighted by Crippen LogP contribution is -2.07. The Morgan fingerprint density at radius 2 is 2.00 bits per heavy atom. The summed E-state index contributed by atoms with van der Waals surface area (Å²) in [6.07, 6.45) is 0.713. The molecule has 1 aromatic rings. The molecule has 0 amide bonds. The van der Waals surface area contributed by atoms with Gasteiger partial charge in [-0.05, 0) is 18.9 Å². The van der Waals surface area contributed by atoms with E-state index in [4.69, 9.17) is 4.89 Å². The van der Waals surface area contributed by atoms with Crippen LogP contribution in [0.4, 0.5) is 0 Å². The first-order chi connectivity index (χ1) is 7.20. The highest BCUT2D eigenvalue weighted by molar-refractivity contribution is 5.86. The fourth-order valence-corrected chi connectivity index (χ4v) is 0.971. The van der Waals surface area contributed by atoms with E-state index in [1.807, 2.05) is 30.3 Å². The largest absolute Gasteiger partial charge is 0.368 e. The minimum absolute atomic E-state index is 0.328. The van der Waals surface area contributed by atoms with Gasteiger partial charge in [-0.3, -0.25) is 4.89 Å². The third kappa shape index (κ3) is 4.42. The third-order valence-electron chi connectivity index (χ3n) is 1.80. The second-order valence-electron chi connectivity index (χ2n) is 3.21. The first-order valence-corrected chi connectivity index (χ1v) is 4.73. The Bertz CT molecular complexity index is 330. The molecule has 0 aliphatic heterocycles. The van der Waals surface area contributed by atoms with Gasteiger partial charge >= 0.3 is 5.97 Å². The summed E-state index contributed by atoms with van der Waals surface area (Å²) in [6.45, 7) is 5.36. The Labute approximate surface area is 89.2 Å². The van der Waals surface area contributed by atoms with E-state index >= 15 is 0 Å². The van der Waals surface area contributed by atoms with Crippen LogP contribution in [0, 0.1) is 0 Å². The van der Waals surface area contributed by atoms with Gasteiger partial charge in [0.05, 0.1) is 6.61 Å². The molecule has 0 N–H and O–H groups in total. The monoisotopic (exact) mass is 206 g/mol. The van der Waals surface area contributed by atoms with Crippen LogP contribution >= 0.6 is 0 Å². The van der Waals surface area contributed by atoms with Crippen molar-refractivity contribution in [2.24, 2.45) is 0 Å². The third-order valence-corrected chi connectivity index (χ3v) is 1.80. The first-order valence-electron chi connectivity index (χ1n) is 4.73. The highest BCUT2D eigenvalue weighted by Gasteiger charge is 2.03. The quantitative estimate of drug-likeness (QED) is 0.321. The summed E-state index contributed by atoms with van der Waals surface area (Å²) in [4.78, 5) is 20.1. The lowest BCUT2D eigenvalue weighted by molar-refractivity contribution is -0.267. The van der Waals surface area contributed by atoms with E-state index in [2.05, 4.69) is 11.5 Å². The predicted molar refractivity (Wildman–Crippen MR) is 57.0 cm³/mol. The summed E-state index contributed by atoms with van der Waals surface area (Å²) >= 11 is 0. The minimum atomic E-state index is -0.525. The van der Waals surface area contributed by atoms with Gasteiger partial charge in [-0.2, -0.15) is 4.89 Å². The molecule has 3 nitrogen and oxygen atoms in total. The zero-order chi connectivity index (χ0) is 11.1. The predicted octanol–water partition coefficient (Wildman–Crippen LogP) is 2.28. The molecule has 3 heteroatoms. The molecule has 15 heavy (non-hydrogen) atoms. The molecule has 0 heterocycles. The van der Waals surface area contributed by atoms with Crippen molar-refractivity contribution >= 4 is 5.97 Å². The van der Waals surface area contributed by atoms with Gasteiger partial charge in [0.15, 0.2) is 0 Å². The van der Waals surface area contributed by atoms with Crippen molar-refractivity contribution in [2.45, 2.75) is 13.3 Å². The van der Waals surface area contributed by atoms with Crippen LogP contribution in [0.5, 0.6) is 0 Å². The summed E-state index contributed by atoms with van der Waals surface area (Å²) < 4.78 is 0. The van der Waals surface area contributed by atoms with Crippen LogP contribution in [0.2, 0.25) is 0 Å². The van der Waals surface area contributed by atoms with E-state index in [1.54, 1.807) is 6.92 Å². The van der Waals surface area contributed by atoms with Crippen molar-refractivity contribution in [3.05, 3.63) is 48.0 Å². The van der Waals surface area contributed by atoms with Gasteiger partial charge in [0.2, 0.25) is 0 Å². The van der Waals surface area contributed by atoms with Crippen molar-refractivity contribution in [1.82, 2.24) is 0 Å². The van der Waals surface area contributed by atoms with Crippen LogP contribution in [0.25, 0.3) is 0 Å². The average molecular weight is 206 g/mol. The minimum Gasteiger partial charge on any atom is -0.293 e. The smallest absolute Gasteiger partial charge is 0.293 e. The Kier molecular flexibility index (Phi) is 4.57. The van der Waals surface area contributed by atoms with Crippen LogP contribution in [-0.2, 0) is 21.0 Å². The Hall–Kier alpha value is -1.61. The second kappa shape index (κ2) is 5.98. The molecule has 0 bridgehead atoms. The topological polar surface area (TPSA) is 35.5 Å². The van der Waals surface area contributed by atoms with E-state index in [0.29, 0.717) is 18.6 Å². The molecule has 1 rings (SSSR count). The zero-order valence-electron chi connectivity index (χ0n) is 8.73. The summed E-state index contributed by atoms with van der Waals surface area (Å²) in [7, 11) is 0. The molecule has 0 saturated heterocycles. The maximum Gasteiger partial charge on any atom is 0.368 e. The SMILES string of the molecule is C=C(C)C(=O)OOCCc1ccccc1. The average Bonchev–Trinajstić information content (AvgIpc) is 2.25. The van der Waals surface area contributed by atoms with Gasteiger partial charge in [0, 0.05) is 5.57 Å². The summed E-state index contributed by atoms with van der Waals surface area (Å²) in [6, 6.07) is 9.84. The molecule has 80 valence electrons. The molecule has 0 aromatic heterocycles. The highest BCUT2D eigenvalue weighted by atomic mass is 17.2. The number of carbonyl (C=O) groups excluding carboxylic acids is 1. The van der Waals surface area contributed by atoms with Gasteiger partial charge in [-0.1, -0.05) is 36.9 Å². The van der Waals surface area contributed by atoms with Gasteiger partial charge in [0.1, 0.15) is 0 Å². The van der Waals surface area contributed by atoms with Gasteiger partial charge in [0.25, 0.3) is 0 Å². The fraction of sp³-hybridized carbons (Fsp3) is 0.250. The van der Waals surface area contributed by atoms with Crippen molar-refractivity contribution in [1.29, 1.82) is 0 Å². The standard InChI is InChI=1S/C12H14O3/c1-10(2)12(13)15-14-9-8-11-6-4-3-5-7-11/h3-7H,1,8-9H2,2H3. The van der Waals surface area contributed by atoms with E-state index in [9.17, 15) is 4.79 Å². The fourth-order valence-electron chi connectivity index (χ4n) is 0.971. The molecule has 0 aliphatic carbocycles. The maximum absolute atomic E-state index is 10.9. The van der Waals surface area contributed by atoms with Gasteiger partial charge in [-0.15, -0.1) is 0 Å². The van der Waals surface area contributed by atoms with Gasteiger partial charge in [-0.25, -0.2) is 4.79 Å². The Balaban J connectivity index is 2.18. The molecule has 0 unspecified atom stereocenters. The Morgan fingerprint density at radius 1 is 1.33 bits per heavy atom. The number of rotatable bonds is 5. The van der Waals surface area contributed by atoms with Crippen molar-refractivity contribution < 1.29 is 14.6 Å². The molecule has 0 fully saturated rings. The lowest BCUT2D eigenvalue weighted by Gasteiger charge is -2.03. The number of hydrogen-bond donors (Lipinski definition) is 0. The molecular weight excluding hydrogens is 192 g/mol. The molecule has 0 spiro atoms. The number of benzene rings is 1. The molecule has 0 aliphatic rings. The van der Waals surface area contributed by atoms with E-state index < -0.39 is 5.97 Å². The summed E-state index contributed by atoms with van der Waals surface area (Å²) in [5.41, 5.74) is 1.47. The van der Waals surface area contributed by atoms with Crippen molar-refractivity contribution in [3.63, 3.8) is 0 Å². The Morgan fingerprint density at radius 3 is 2.60 bits per heavy atom. The summed E-state index contributed by atoms with van der Waals surface area (Å²) in [5, 5.41) is 0. The molecule has 1 aromatic carbocycles. The normalized spacial score (nSPS) is 9.67. The van der Waals surface area contributed by atoms with E-state index in [-0.39, 0.29) is 0 Å². The lowest BCUT2D eigenvalue weighted by atomic mass is 10.2. The molecule has 0 atom stereocenters. The van der Waals surface area contributed by atoms with E-state index in [1.165, 1.54) is 0 Å². The van der Waals surface area contributed by atoms with Crippen LogP contribution < -0.4 is 0 Å². The van der Waals surface area contributed by atoms with Crippen LogP contribution in [0.15, 0.2) is 42.5 Å². The first kappa shape index (κ1) is 11.5. The van der Waals surface area contributed by atoms with Crippen molar-refractivity contribution in [2.75, 3.05) is 6.61 Å². The van der Waals surface area contributed by atoms with Crippen LogP contribution in [-0.4, -0.2) is 12.6 Å².